The predicted octanol–water partition coefficient (Wildman–Crippen LogP) is 0.943. The first-order valence-electron chi connectivity index (χ1n) is 6.27. The highest BCUT2D eigenvalue weighted by molar-refractivity contribution is 5.90. The largest absolute Gasteiger partial charge is 0.504 e. The zero-order valence-corrected chi connectivity index (χ0v) is 10.8. The number of rotatable bonds is 0. The average molecular weight is 306 g/mol. The standard InChI is InChI=1S/C14H10O8/c15-5-1-3-7-8-4(14(20)22-11(7)9(5)17)2-6(16)10(18)12(8)21-13(3)19/h1-2,13-20H. The molecule has 2 aliphatic rings. The molecule has 0 fully saturated rings. The maximum Gasteiger partial charge on any atom is 0.225 e. The summed E-state index contributed by atoms with van der Waals surface area (Å²) in [6.07, 6.45) is -3.13. The molecule has 2 heterocycles. The van der Waals surface area contributed by atoms with Gasteiger partial charge in [0, 0.05) is 22.3 Å². The van der Waals surface area contributed by atoms with Gasteiger partial charge in [-0.05, 0) is 12.1 Å². The van der Waals surface area contributed by atoms with Crippen molar-refractivity contribution >= 4 is 0 Å². The monoisotopic (exact) mass is 306 g/mol. The lowest BCUT2D eigenvalue weighted by Crippen LogP contribution is -2.21. The van der Waals surface area contributed by atoms with Gasteiger partial charge < -0.3 is 40.1 Å². The second-order valence-electron chi connectivity index (χ2n) is 5.02. The number of phenols is 4. The van der Waals surface area contributed by atoms with E-state index in [1.165, 1.54) is 0 Å². The zero-order valence-electron chi connectivity index (χ0n) is 10.8. The van der Waals surface area contributed by atoms with Crippen LogP contribution in [-0.2, 0) is 0 Å². The van der Waals surface area contributed by atoms with E-state index in [4.69, 9.17) is 9.47 Å². The number of aliphatic hydroxyl groups is 2. The summed E-state index contributed by atoms with van der Waals surface area (Å²) in [6, 6.07) is 2.19. The summed E-state index contributed by atoms with van der Waals surface area (Å²) in [4.78, 5) is 0. The molecule has 4 rings (SSSR count). The molecule has 2 aromatic rings. The number of aliphatic hydroxyl groups excluding tert-OH is 2. The van der Waals surface area contributed by atoms with Crippen LogP contribution in [0.2, 0.25) is 0 Å². The van der Waals surface area contributed by atoms with Crippen LogP contribution >= 0.6 is 0 Å². The van der Waals surface area contributed by atoms with Gasteiger partial charge in [0.1, 0.15) is 0 Å². The quantitative estimate of drug-likeness (QED) is 0.395. The molecular formula is C14H10O8. The van der Waals surface area contributed by atoms with E-state index in [0.717, 1.165) is 12.1 Å². The minimum absolute atomic E-state index is 0.0936. The van der Waals surface area contributed by atoms with Crippen molar-refractivity contribution in [3.63, 3.8) is 0 Å². The van der Waals surface area contributed by atoms with Gasteiger partial charge in [0.2, 0.25) is 24.1 Å². The summed E-state index contributed by atoms with van der Waals surface area (Å²) in [5, 5.41) is 59.3. The number of hydrogen-bond donors (Lipinski definition) is 6. The van der Waals surface area contributed by atoms with Gasteiger partial charge >= 0.3 is 0 Å². The molecule has 0 amide bonds. The molecule has 8 nitrogen and oxygen atoms in total. The van der Waals surface area contributed by atoms with Crippen molar-refractivity contribution < 1.29 is 40.1 Å². The van der Waals surface area contributed by atoms with E-state index in [-0.39, 0.29) is 33.8 Å². The molecule has 0 saturated carbocycles. The molecule has 2 atom stereocenters. The Hall–Kier alpha value is -2.84. The highest BCUT2D eigenvalue weighted by atomic mass is 16.6. The number of ether oxygens (including phenoxy) is 2. The average Bonchev–Trinajstić information content (AvgIpc) is 2.47. The SMILES string of the molecule is Oc1cc2c3c(c1O)OC(O)c1cc(O)c(O)c(c1-3)OC2O. The van der Waals surface area contributed by atoms with E-state index < -0.39 is 35.6 Å². The summed E-state index contributed by atoms with van der Waals surface area (Å²) in [7, 11) is 0. The van der Waals surface area contributed by atoms with E-state index in [1.54, 1.807) is 0 Å². The van der Waals surface area contributed by atoms with E-state index in [0.29, 0.717) is 0 Å². The Bertz CT molecular complexity index is 759. The van der Waals surface area contributed by atoms with Crippen molar-refractivity contribution in [1.82, 2.24) is 0 Å². The van der Waals surface area contributed by atoms with Gasteiger partial charge in [0.25, 0.3) is 0 Å². The lowest BCUT2D eigenvalue weighted by atomic mass is 9.88. The molecule has 2 unspecified atom stereocenters. The van der Waals surface area contributed by atoms with Gasteiger partial charge in [-0.2, -0.15) is 0 Å². The summed E-state index contributed by atoms with van der Waals surface area (Å²) in [5.74, 6) is -2.84. The van der Waals surface area contributed by atoms with Crippen molar-refractivity contribution in [2.45, 2.75) is 12.6 Å². The van der Waals surface area contributed by atoms with Crippen LogP contribution in [0.15, 0.2) is 12.1 Å². The Balaban J connectivity index is 2.19. The topological polar surface area (TPSA) is 140 Å². The summed E-state index contributed by atoms with van der Waals surface area (Å²) >= 11 is 0. The fraction of sp³-hybridized carbons (Fsp3) is 0.143. The molecule has 6 N–H and O–H groups in total. The molecule has 22 heavy (non-hydrogen) atoms. The number of hydrogen-bond acceptors (Lipinski definition) is 8. The Labute approximate surface area is 122 Å². The molecule has 0 spiro atoms. The molecule has 2 aliphatic heterocycles. The van der Waals surface area contributed by atoms with Crippen LogP contribution in [0, 0.1) is 0 Å². The first kappa shape index (κ1) is 12.9. The molecule has 0 aromatic heterocycles. The van der Waals surface area contributed by atoms with Crippen molar-refractivity contribution in [3.8, 4) is 45.6 Å². The minimum Gasteiger partial charge on any atom is -0.504 e. The van der Waals surface area contributed by atoms with Crippen LogP contribution in [0.1, 0.15) is 23.7 Å². The highest BCUT2D eigenvalue weighted by Crippen LogP contribution is 2.60. The lowest BCUT2D eigenvalue weighted by Gasteiger charge is -2.34. The van der Waals surface area contributed by atoms with Gasteiger partial charge in [-0.1, -0.05) is 0 Å². The highest BCUT2D eigenvalue weighted by Gasteiger charge is 2.40. The van der Waals surface area contributed by atoms with Gasteiger partial charge in [0.15, 0.2) is 23.0 Å². The first-order valence-corrected chi connectivity index (χ1v) is 6.27. The molecule has 2 aromatic carbocycles. The van der Waals surface area contributed by atoms with Crippen LogP contribution in [-0.4, -0.2) is 30.6 Å². The lowest BCUT2D eigenvalue weighted by molar-refractivity contribution is -0.0369. The number of aromatic hydroxyl groups is 4. The molecule has 0 saturated heterocycles. The fourth-order valence-corrected chi connectivity index (χ4v) is 2.79. The number of benzene rings is 2. The molecule has 8 heteroatoms. The van der Waals surface area contributed by atoms with Gasteiger partial charge in [-0.15, -0.1) is 0 Å². The molecular weight excluding hydrogens is 296 g/mol. The van der Waals surface area contributed by atoms with Gasteiger partial charge in [0.05, 0.1) is 0 Å². The maximum atomic E-state index is 10.0. The van der Waals surface area contributed by atoms with Crippen molar-refractivity contribution in [1.29, 1.82) is 0 Å². The van der Waals surface area contributed by atoms with E-state index >= 15 is 0 Å². The second kappa shape index (κ2) is 3.87. The Kier molecular flexibility index (Phi) is 2.26. The van der Waals surface area contributed by atoms with Crippen molar-refractivity contribution in [2.24, 2.45) is 0 Å². The van der Waals surface area contributed by atoms with E-state index in [2.05, 4.69) is 0 Å². The third-order valence-electron chi connectivity index (χ3n) is 3.77. The van der Waals surface area contributed by atoms with Crippen LogP contribution in [0.25, 0.3) is 11.1 Å². The normalized spacial score (nSPS) is 20.8. The van der Waals surface area contributed by atoms with Gasteiger partial charge in [-0.3, -0.25) is 0 Å². The minimum atomic E-state index is -1.56. The van der Waals surface area contributed by atoms with Crippen LogP contribution in [0.3, 0.4) is 0 Å². The zero-order chi connectivity index (χ0) is 15.8. The molecule has 0 radical (unpaired) electrons. The second-order valence-corrected chi connectivity index (χ2v) is 5.02. The molecule has 114 valence electrons. The molecule has 0 aliphatic carbocycles. The van der Waals surface area contributed by atoms with Crippen molar-refractivity contribution in [3.05, 3.63) is 23.3 Å². The Morgan fingerprint density at radius 1 is 0.682 bits per heavy atom. The summed E-state index contributed by atoms with van der Waals surface area (Å²) < 4.78 is 10.3. The van der Waals surface area contributed by atoms with Crippen LogP contribution in [0.4, 0.5) is 0 Å². The van der Waals surface area contributed by atoms with E-state index in [9.17, 15) is 30.6 Å². The fourth-order valence-electron chi connectivity index (χ4n) is 2.79. The smallest absolute Gasteiger partial charge is 0.225 e. The van der Waals surface area contributed by atoms with Crippen LogP contribution < -0.4 is 9.47 Å². The predicted molar refractivity (Wildman–Crippen MR) is 69.7 cm³/mol. The Morgan fingerprint density at radius 3 is 1.41 bits per heavy atom. The third-order valence-corrected chi connectivity index (χ3v) is 3.77. The van der Waals surface area contributed by atoms with Crippen LogP contribution in [0.5, 0.6) is 34.5 Å². The van der Waals surface area contributed by atoms with E-state index in [1.807, 2.05) is 0 Å². The molecule has 0 bridgehead atoms. The van der Waals surface area contributed by atoms with Crippen molar-refractivity contribution in [2.75, 3.05) is 0 Å². The maximum absolute atomic E-state index is 10.0. The third kappa shape index (κ3) is 1.37. The number of phenolic OH excluding ortho intramolecular Hbond substituents is 4. The summed E-state index contributed by atoms with van der Waals surface area (Å²) in [5.41, 5.74) is 0.520. The summed E-state index contributed by atoms with van der Waals surface area (Å²) in [6.45, 7) is 0. The van der Waals surface area contributed by atoms with Gasteiger partial charge in [-0.25, -0.2) is 0 Å². The first-order chi connectivity index (χ1) is 10.4. The Morgan fingerprint density at radius 2 is 1.05 bits per heavy atom.